The molecular weight excluding hydrogens is 204 g/mol. The lowest BCUT2D eigenvalue weighted by molar-refractivity contribution is -0.120. The van der Waals surface area contributed by atoms with Crippen molar-refractivity contribution >= 4 is 29.4 Å². The van der Waals surface area contributed by atoms with Gasteiger partial charge in [0.1, 0.15) is 6.42 Å². The highest BCUT2D eigenvalue weighted by atomic mass is 32.2. The van der Waals surface area contributed by atoms with Crippen LogP contribution in [-0.4, -0.2) is 35.0 Å². The van der Waals surface area contributed by atoms with E-state index >= 15 is 0 Å². The van der Waals surface area contributed by atoms with Gasteiger partial charge in [0.05, 0.1) is 6.07 Å². The van der Waals surface area contributed by atoms with Crippen molar-refractivity contribution in [2.75, 3.05) is 23.8 Å². The smallest absolute Gasteiger partial charge is 0.234 e. The van der Waals surface area contributed by atoms with Gasteiger partial charge < -0.3 is 5.32 Å². The van der Waals surface area contributed by atoms with Gasteiger partial charge in [0, 0.05) is 29.1 Å². The standard InChI is InChI=1S/C8H12N2OS2/c9-2-1-8(11)10-5-7-6-12-3-4-13-7/h7H,1,3-6H2,(H,10,11). The van der Waals surface area contributed by atoms with E-state index in [9.17, 15) is 4.79 Å². The number of hydrogen-bond donors (Lipinski definition) is 1. The molecule has 0 bridgehead atoms. The molecule has 0 aromatic rings. The lowest BCUT2D eigenvalue weighted by atomic mass is 10.4. The van der Waals surface area contributed by atoms with E-state index in [-0.39, 0.29) is 12.3 Å². The highest BCUT2D eigenvalue weighted by Crippen LogP contribution is 2.23. The number of nitriles is 1. The average Bonchev–Trinajstić information content (AvgIpc) is 2.17. The SMILES string of the molecule is N#CCC(=O)NCC1CSCCS1. The number of amides is 1. The fourth-order valence-electron chi connectivity index (χ4n) is 1.02. The minimum atomic E-state index is -0.154. The fourth-order valence-corrected chi connectivity index (χ4v) is 3.63. The molecule has 1 aliphatic heterocycles. The van der Waals surface area contributed by atoms with E-state index in [2.05, 4.69) is 5.32 Å². The summed E-state index contributed by atoms with van der Waals surface area (Å²) in [4.78, 5) is 10.9. The first kappa shape index (κ1) is 10.7. The molecule has 0 aromatic heterocycles. The summed E-state index contributed by atoms with van der Waals surface area (Å²) in [5.74, 6) is 3.34. The predicted molar refractivity (Wildman–Crippen MR) is 56.8 cm³/mol. The van der Waals surface area contributed by atoms with Crippen LogP contribution in [0.25, 0.3) is 0 Å². The molecule has 1 saturated heterocycles. The van der Waals surface area contributed by atoms with Gasteiger partial charge in [-0.25, -0.2) is 0 Å². The van der Waals surface area contributed by atoms with E-state index in [0.717, 1.165) is 5.75 Å². The van der Waals surface area contributed by atoms with Gasteiger partial charge in [-0.1, -0.05) is 0 Å². The van der Waals surface area contributed by atoms with Crippen LogP contribution in [0.1, 0.15) is 6.42 Å². The molecule has 1 aliphatic rings. The van der Waals surface area contributed by atoms with Gasteiger partial charge in [-0.15, -0.1) is 0 Å². The van der Waals surface area contributed by atoms with Crippen LogP contribution >= 0.6 is 23.5 Å². The molecule has 1 fully saturated rings. The zero-order chi connectivity index (χ0) is 9.52. The first-order valence-electron chi connectivity index (χ1n) is 4.16. The van der Waals surface area contributed by atoms with Gasteiger partial charge in [-0.3, -0.25) is 4.79 Å². The van der Waals surface area contributed by atoms with E-state index in [1.54, 1.807) is 0 Å². The topological polar surface area (TPSA) is 52.9 Å². The summed E-state index contributed by atoms with van der Waals surface area (Å²) in [7, 11) is 0. The van der Waals surface area contributed by atoms with Gasteiger partial charge in [0.15, 0.2) is 0 Å². The van der Waals surface area contributed by atoms with Crippen LogP contribution in [0.3, 0.4) is 0 Å². The third-order valence-electron chi connectivity index (χ3n) is 1.65. The summed E-state index contributed by atoms with van der Waals surface area (Å²) in [5.41, 5.74) is 0. The summed E-state index contributed by atoms with van der Waals surface area (Å²) in [6.45, 7) is 0.707. The number of nitrogens with one attached hydrogen (secondary N) is 1. The summed E-state index contributed by atoms with van der Waals surface area (Å²) in [5, 5.41) is 11.5. The minimum Gasteiger partial charge on any atom is -0.354 e. The Hall–Kier alpha value is -0.340. The minimum absolute atomic E-state index is 0.0233. The summed E-state index contributed by atoms with van der Waals surface area (Å²) in [6.07, 6.45) is -0.0233. The molecular formula is C8H12N2OS2. The Labute approximate surface area is 86.6 Å². The Morgan fingerprint density at radius 1 is 1.62 bits per heavy atom. The Morgan fingerprint density at radius 3 is 3.08 bits per heavy atom. The molecule has 0 aliphatic carbocycles. The number of carbonyl (C=O) groups excluding carboxylic acids is 1. The highest BCUT2D eigenvalue weighted by molar-refractivity contribution is 8.06. The van der Waals surface area contributed by atoms with Gasteiger partial charge >= 0.3 is 0 Å². The average molecular weight is 216 g/mol. The van der Waals surface area contributed by atoms with E-state index < -0.39 is 0 Å². The lowest BCUT2D eigenvalue weighted by Crippen LogP contribution is -2.33. The Balaban J connectivity index is 2.10. The third kappa shape index (κ3) is 4.44. The van der Waals surface area contributed by atoms with Crippen LogP contribution in [-0.2, 0) is 4.79 Å². The van der Waals surface area contributed by atoms with Crippen molar-refractivity contribution in [3.63, 3.8) is 0 Å². The van der Waals surface area contributed by atoms with Crippen molar-refractivity contribution in [1.82, 2.24) is 5.32 Å². The second kappa shape index (κ2) is 6.17. The maximum atomic E-state index is 10.9. The van der Waals surface area contributed by atoms with Crippen molar-refractivity contribution in [3.8, 4) is 6.07 Å². The van der Waals surface area contributed by atoms with Crippen molar-refractivity contribution in [3.05, 3.63) is 0 Å². The molecule has 0 radical (unpaired) electrons. The largest absolute Gasteiger partial charge is 0.354 e. The van der Waals surface area contributed by atoms with E-state index in [4.69, 9.17) is 5.26 Å². The maximum Gasteiger partial charge on any atom is 0.234 e. The van der Waals surface area contributed by atoms with Gasteiger partial charge in [0.25, 0.3) is 0 Å². The Morgan fingerprint density at radius 2 is 2.46 bits per heavy atom. The Kier molecular flexibility index (Phi) is 5.09. The van der Waals surface area contributed by atoms with Crippen LogP contribution in [0, 0.1) is 11.3 Å². The zero-order valence-corrected chi connectivity index (χ0v) is 8.92. The molecule has 13 heavy (non-hydrogen) atoms. The normalized spacial score (nSPS) is 21.9. The first-order valence-corrected chi connectivity index (χ1v) is 6.36. The van der Waals surface area contributed by atoms with Gasteiger partial charge in [-0.2, -0.15) is 28.8 Å². The number of nitrogens with zero attached hydrogens (tertiary/aromatic N) is 1. The molecule has 1 atom stereocenters. The van der Waals surface area contributed by atoms with E-state index in [0.29, 0.717) is 11.8 Å². The highest BCUT2D eigenvalue weighted by Gasteiger charge is 2.14. The maximum absolute atomic E-state index is 10.9. The molecule has 5 heteroatoms. The third-order valence-corrected chi connectivity index (χ3v) is 4.50. The van der Waals surface area contributed by atoms with Crippen LogP contribution < -0.4 is 5.32 Å². The molecule has 0 spiro atoms. The number of carbonyl (C=O) groups is 1. The molecule has 1 heterocycles. The summed E-state index contributed by atoms with van der Waals surface area (Å²) >= 11 is 3.84. The monoisotopic (exact) mass is 216 g/mol. The molecule has 0 saturated carbocycles. The second-order valence-electron chi connectivity index (χ2n) is 2.71. The van der Waals surface area contributed by atoms with Crippen molar-refractivity contribution in [2.24, 2.45) is 0 Å². The van der Waals surface area contributed by atoms with E-state index in [1.165, 1.54) is 11.5 Å². The Bertz CT molecular complexity index is 209. The molecule has 1 rings (SSSR count). The van der Waals surface area contributed by atoms with Crippen LogP contribution in [0.15, 0.2) is 0 Å². The predicted octanol–water partition coefficient (Wildman–Crippen LogP) is 0.865. The number of thioether (sulfide) groups is 2. The van der Waals surface area contributed by atoms with Crippen molar-refractivity contribution in [1.29, 1.82) is 5.26 Å². The summed E-state index contributed by atoms with van der Waals surface area (Å²) in [6, 6.07) is 1.83. The summed E-state index contributed by atoms with van der Waals surface area (Å²) < 4.78 is 0. The number of hydrogen-bond acceptors (Lipinski definition) is 4. The van der Waals surface area contributed by atoms with Crippen LogP contribution in [0.4, 0.5) is 0 Å². The first-order chi connectivity index (χ1) is 6.33. The molecule has 3 nitrogen and oxygen atoms in total. The van der Waals surface area contributed by atoms with Gasteiger partial charge in [0.2, 0.25) is 5.91 Å². The van der Waals surface area contributed by atoms with Crippen LogP contribution in [0.5, 0.6) is 0 Å². The zero-order valence-electron chi connectivity index (χ0n) is 7.28. The molecule has 1 amide bonds. The van der Waals surface area contributed by atoms with Crippen molar-refractivity contribution in [2.45, 2.75) is 11.7 Å². The molecule has 1 N–H and O–H groups in total. The lowest BCUT2D eigenvalue weighted by Gasteiger charge is -2.20. The number of rotatable bonds is 3. The van der Waals surface area contributed by atoms with Crippen LogP contribution in [0.2, 0.25) is 0 Å². The molecule has 0 aromatic carbocycles. The van der Waals surface area contributed by atoms with E-state index in [1.807, 2.05) is 29.6 Å². The quantitative estimate of drug-likeness (QED) is 0.760. The second-order valence-corrected chi connectivity index (χ2v) is 5.26. The van der Waals surface area contributed by atoms with Crippen molar-refractivity contribution < 1.29 is 4.79 Å². The fraction of sp³-hybridized carbons (Fsp3) is 0.750. The molecule has 72 valence electrons. The molecule has 1 unspecified atom stereocenters. The van der Waals surface area contributed by atoms with Gasteiger partial charge in [-0.05, 0) is 0 Å².